The van der Waals surface area contributed by atoms with Gasteiger partial charge in [-0.15, -0.1) is 25.6 Å². The van der Waals surface area contributed by atoms with Crippen LogP contribution in [0.5, 0.6) is 23.1 Å². The number of benzene rings is 5. The van der Waals surface area contributed by atoms with Crippen LogP contribution in [-0.4, -0.2) is 84.2 Å². The fourth-order valence-electron chi connectivity index (χ4n) is 5.53. The zero-order chi connectivity index (χ0) is 44.6. The lowest BCUT2D eigenvalue weighted by Gasteiger charge is -2.12. The summed E-state index contributed by atoms with van der Waals surface area (Å²) in [6, 6.07) is 14.9. The van der Waals surface area contributed by atoms with Crippen LogP contribution in [0.25, 0.3) is 16.5 Å². The van der Waals surface area contributed by atoms with Crippen LogP contribution < -0.4 is 9.47 Å². The van der Waals surface area contributed by atoms with Gasteiger partial charge in [-0.1, -0.05) is 0 Å². The van der Waals surface area contributed by atoms with Crippen molar-refractivity contribution in [1.29, 1.82) is 0 Å². The predicted molar refractivity (Wildman–Crippen MR) is 210 cm³/mol. The molecule has 0 aliphatic heterocycles. The Labute approximate surface area is 343 Å². The molecule has 316 valence electrons. The van der Waals surface area contributed by atoms with Crippen LogP contribution in [-0.2, 0) is 30.4 Å². The second kappa shape index (κ2) is 16.4. The molecular formula is C35H28N8O15S3. The largest absolute Gasteiger partial charge is 0.505 e. The molecule has 0 atom stereocenters. The predicted octanol–water partition coefficient (Wildman–Crippen LogP) is 7.45. The first kappa shape index (κ1) is 43.4. The number of carbonyl (C=O) groups is 1. The summed E-state index contributed by atoms with van der Waals surface area (Å²) in [7, 11) is -11.8. The van der Waals surface area contributed by atoms with E-state index in [1.807, 2.05) is 0 Å². The van der Waals surface area contributed by atoms with E-state index in [0.717, 1.165) is 35.0 Å². The summed E-state index contributed by atoms with van der Waals surface area (Å²) in [6.45, 7) is 1.50. The molecule has 23 nitrogen and oxygen atoms in total. The molecule has 0 radical (unpaired) electrons. The number of phenols is 1. The molecule has 0 amide bonds. The number of aromatic nitrogens is 2. The van der Waals surface area contributed by atoms with Crippen LogP contribution in [0.15, 0.2) is 124 Å². The molecule has 0 saturated heterocycles. The normalized spacial score (nSPS) is 12.6. The number of ether oxygens (including phenoxy) is 2. The fraction of sp³-hybridized carbons (Fsp3) is 0.0857. The Bertz CT molecular complexity index is 3210. The minimum absolute atomic E-state index is 0.0207. The van der Waals surface area contributed by atoms with Crippen molar-refractivity contribution in [2.45, 2.75) is 21.6 Å². The van der Waals surface area contributed by atoms with Crippen molar-refractivity contribution in [2.24, 2.45) is 30.7 Å². The summed E-state index contributed by atoms with van der Waals surface area (Å²) in [4.78, 5) is 9.85. The van der Waals surface area contributed by atoms with Crippen molar-refractivity contribution in [3.8, 4) is 28.8 Å². The lowest BCUT2D eigenvalue weighted by atomic mass is 10.1. The van der Waals surface area contributed by atoms with Gasteiger partial charge >= 0.3 is 5.97 Å². The quantitative estimate of drug-likeness (QED) is 0.0484. The number of aromatic carboxylic acids is 1. The van der Waals surface area contributed by atoms with Gasteiger partial charge in [-0.3, -0.25) is 13.7 Å². The van der Waals surface area contributed by atoms with E-state index < -0.39 is 69.0 Å². The van der Waals surface area contributed by atoms with Crippen molar-refractivity contribution in [3.05, 3.63) is 90.1 Å². The van der Waals surface area contributed by atoms with Gasteiger partial charge in [0.1, 0.15) is 39.1 Å². The molecule has 0 aliphatic carbocycles. The van der Waals surface area contributed by atoms with E-state index in [-0.39, 0.29) is 67.0 Å². The van der Waals surface area contributed by atoms with Gasteiger partial charge in [-0.2, -0.15) is 40.1 Å². The molecule has 26 heteroatoms. The Morgan fingerprint density at radius 3 is 1.75 bits per heavy atom. The topological polar surface area (TPSA) is 351 Å². The molecule has 6 aromatic rings. The average molecular weight is 897 g/mol. The van der Waals surface area contributed by atoms with Gasteiger partial charge in [0.2, 0.25) is 5.88 Å². The Balaban J connectivity index is 1.35. The minimum atomic E-state index is -5.11. The van der Waals surface area contributed by atoms with Crippen LogP contribution in [0.2, 0.25) is 0 Å². The van der Waals surface area contributed by atoms with Gasteiger partial charge in [0, 0.05) is 17.5 Å². The maximum absolute atomic E-state index is 12.6. The molecule has 5 aromatic carbocycles. The Morgan fingerprint density at radius 1 is 0.639 bits per heavy atom. The number of azo groups is 3. The highest BCUT2D eigenvalue weighted by molar-refractivity contribution is 7.86. The van der Waals surface area contributed by atoms with Crippen LogP contribution in [0, 0.1) is 6.92 Å². The Kier molecular flexibility index (Phi) is 11.7. The summed E-state index contributed by atoms with van der Waals surface area (Å²) in [5.41, 5.74) is -1.34. The van der Waals surface area contributed by atoms with Crippen molar-refractivity contribution in [3.63, 3.8) is 0 Å². The number of nitrogens with zero attached hydrogens (tertiary/aromatic N) is 8. The van der Waals surface area contributed by atoms with E-state index in [1.165, 1.54) is 63.6 Å². The SMILES string of the molecule is COc1cc(N=Nc2c(S(=O)(=O)O)cc3cc(-n4nc(C)c(N=Nc5ccc(S(=O)(=O)O)cc5)c4O)ccc3c2O)c(OC)cc1N=Nc1ccc(S(=O)(=O)O)cc1C(=O)O. The van der Waals surface area contributed by atoms with Crippen molar-refractivity contribution >= 4 is 81.2 Å². The third-order valence-electron chi connectivity index (χ3n) is 8.46. The molecular weight excluding hydrogens is 869 g/mol. The first-order valence-electron chi connectivity index (χ1n) is 16.6. The third kappa shape index (κ3) is 9.17. The Morgan fingerprint density at radius 2 is 1.20 bits per heavy atom. The average Bonchev–Trinajstić information content (AvgIpc) is 3.49. The number of aryl methyl sites for hydroxylation is 1. The number of aromatic hydroxyl groups is 2. The van der Waals surface area contributed by atoms with Gasteiger partial charge in [-0.05, 0) is 79.0 Å². The molecule has 0 fully saturated rings. The minimum Gasteiger partial charge on any atom is -0.505 e. The summed E-state index contributed by atoms with van der Waals surface area (Å²) < 4.78 is 111. The molecule has 1 heterocycles. The highest BCUT2D eigenvalue weighted by Gasteiger charge is 2.24. The van der Waals surface area contributed by atoms with Crippen molar-refractivity contribution in [2.75, 3.05) is 14.2 Å². The van der Waals surface area contributed by atoms with Gasteiger partial charge in [0.25, 0.3) is 30.4 Å². The highest BCUT2D eigenvalue weighted by atomic mass is 32.2. The molecule has 0 unspecified atom stereocenters. The van der Waals surface area contributed by atoms with E-state index in [4.69, 9.17) is 9.47 Å². The maximum atomic E-state index is 12.6. The molecule has 0 spiro atoms. The van der Waals surface area contributed by atoms with Crippen LogP contribution in [0.1, 0.15) is 16.1 Å². The van der Waals surface area contributed by atoms with Crippen molar-refractivity contribution < 1.29 is 68.5 Å². The summed E-state index contributed by atoms with van der Waals surface area (Å²) in [6.07, 6.45) is 0. The van der Waals surface area contributed by atoms with E-state index in [2.05, 4.69) is 35.8 Å². The fourth-order valence-corrected chi connectivity index (χ4v) is 7.17. The monoisotopic (exact) mass is 896 g/mol. The lowest BCUT2D eigenvalue weighted by molar-refractivity contribution is 0.0697. The number of carboxylic acid groups (broad SMARTS) is 1. The zero-order valence-electron chi connectivity index (χ0n) is 31.2. The summed E-state index contributed by atoms with van der Waals surface area (Å²) in [5.74, 6) is -2.93. The summed E-state index contributed by atoms with van der Waals surface area (Å²) in [5, 5.41) is 59.9. The van der Waals surface area contributed by atoms with Gasteiger partial charge in [0.15, 0.2) is 11.4 Å². The second-order valence-corrected chi connectivity index (χ2v) is 16.6. The van der Waals surface area contributed by atoms with Crippen LogP contribution in [0.4, 0.5) is 34.1 Å². The molecule has 0 bridgehead atoms. The number of methoxy groups -OCH3 is 2. The van der Waals surface area contributed by atoms with Crippen LogP contribution in [0.3, 0.4) is 0 Å². The van der Waals surface area contributed by atoms with Crippen LogP contribution >= 0.6 is 0 Å². The standard InChI is InChI=1S/C35H28N8O15S3/c1-17-31(40-36-19-4-7-21(8-5-19)59(48,49)50)34(45)43(42-17)20-6-10-23-18(12-20)13-30(61(54,55)56)32(33(23)44)41-39-27-16-28(57-2)26(15-29(27)58-3)38-37-25-11-9-22(60(51,52)53)14-24(25)35(46)47/h4-16,44-45H,1-3H3,(H,46,47)(H,48,49,50)(H,51,52,53)(H,54,55,56). The lowest BCUT2D eigenvalue weighted by Crippen LogP contribution is -2.02. The molecule has 61 heavy (non-hydrogen) atoms. The number of carboxylic acids is 1. The summed E-state index contributed by atoms with van der Waals surface area (Å²) >= 11 is 0. The first-order chi connectivity index (χ1) is 28.6. The molecule has 6 rings (SSSR count). The first-order valence-corrected chi connectivity index (χ1v) is 20.9. The highest BCUT2D eigenvalue weighted by Crippen LogP contribution is 2.45. The Hall–Kier alpha value is -7.23. The number of fused-ring (bicyclic) bond motifs is 1. The molecule has 6 N–H and O–H groups in total. The van der Waals surface area contributed by atoms with Crippen molar-refractivity contribution in [1.82, 2.24) is 9.78 Å². The molecule has 0 saturated carbocycles. The van der Waals surface area contributed by atoms with E-state index in [0.29, 0.717) is 6.07 Å². The van der Waals surface area contributed by atoms with E-state index >= 15 is 0 Å². The number of hydrogen-bond acceptors (Lipinski definition) is 18. The van der Waals surface area contributed by atoms with Gasteiger partial charge in [0.05, 0.1) is 46.6 Å². The maximum Gasteiger partial charge on any atom is 0.338 e. The van der Waals surface area contributed by atoms with E-state index in [1.54, 1.807) is 0 Å². The van der Waals surface area contributed by atoms with E-state index in [9.17, 15) is 59.0 Å². The van der Waals surface area contributed by atoms with Gasteiger partial charge < -0.3 is 24.8 Å². The number of hydrogen-bond donors (Lipinski definition) is 6. The number of phenolic OH excluding ortho intramolecular Hbond substituents is 1. The molecule has 1 aromatic heterocycles. The van der Waals surface area contributed by atoms with Gasteiger partial charge in [-0.25, -0.2) is 4.79 Å². The molecule has 0 aliphatic rings. The zero-order valence-corrected chi connectivity index (χ0v) is 33.6. The number of rotatable bonds is 13. The second-order valence-electron chi connectivity index (χ2n) is 12.3. The smallest absolute Gasteiger partial charge is 0.338 e. The third-order valence-corrected chi connectivity index (χ3v) is 11.0.